The average molecular weight is 303 g/mol. The van der Waals surface area contributed by atoms with Crippen LogP contribution in [0, 0.1) is 11.8 Å². The Hall–Kier alpha value is -2.37. The minimum Gasteiger partial charge on any atom is -0.399 e. The van der Waals surface area contributed by atoms with Crippen molar-refractivity contribution in [1.82, 2.24) is 10.2 Å². The van der Waals surface area contributed by atoms with Gasteiger partial charge in [-0.25, -0.2) is 0 Å². The van der Waals surface area contributed by atoms with Gasteiger partial charge in [0.1, 0.15) is 0 Å². The fourth-order valence-corrected chi connectivity index (χ4v) is 2.84. The van der Waals surface area contributed by atoms with Crippen LogP contribution in [-0.4, -0.2) is 35.7 Å². The summed E-state index contributed by atoms with van der Waals surface area (Å²) in [6, 6.07) is 6.14. The van der Waals surface area contributed by atoms with Crippen LogP contribution in [0.4, 0.5) is 5.69 Å². The second-order valence-electron chi connectivity index (χ2n) is 6.06. The van der Waals surface area contributed by atoms with Gasteiger partial charge in [0.15, 0.2) is 0 Å². The van der Waals surface area contributed by atoms with Crippen LogP contribution in [0.25, 0.3) is 0 Å². The molecule has 1 aliphatic heterocycles. The molecule has 1 aliphatic rings. The Morgan fingerprint density at radius 1 is 1.09 bits per heavy atom. The summed E-state index contributed by atoms with van der Waals surface area (Å²) in [7, 11) is 0. The number of likely N-dealkylation sites (tertiary alicyclic amines) is 1. The first-order valence-electron chi connectivity index (χ1n) is 7.37. The monoisotopic (exact) mass is 303 g/mol. The first-order valence-corrected chi connectivity index (χ1v) is 7.37. The smallest absolute Gasteiger partial charge is 0.316 e. The molecule has 0 spiro atoms. The lowest BCUT2D eigenvalue weighted by molar-refractivity contribution is -0.147. The SMILES string of the molecule is CC1CC(C)CN(C(=O)C(=O)NC(=O)c2ccc(N)cc2)C1. The highest BCUT2D eigenvalue weighted by Gasteiger charge is 2.30. The van der Waals surface area contributed by atoms with Crippen molar-refractivity contribution in [2.24, 2.45) is 11.8 Å². The second-order valence-corrected chi connectivity index (χ2v) is 6.06. The molecule has 0 radical (unpaired) electrons. The van der Waals surface area contributed by atoms with Gasteiger partial charge < -0.3 is 10.6 Å². The summed E-state index contributed by atoms with van der Waals surface area (Å²) in [5, 5.41) is 2.13. The van der Waals surface area contributed by atoms with Crippen molar-refractivity contribution < 1.29 is 14.4 Å². The van der Waals surface area contributed by atoms with Crippen LogP contribution < -0.4 is 11.1 Å². The van der Waals surface area contributed by atoms with E-state index in [1.807, 2.05) is 13.8 Å². The van der Waals surface area contributed by atoms with Gasteiger partial charge in [0.2, 0.25) is 0 Å². The number of benzene rings is 1. The topological polar surface area (TPSA) is 92.5 Å². The highest BCUT2D eigenvalue weighted by atomic mass is 16.2. The largest absolute Gasteiger partial charge is 0.399 e. The number of carbonyl (C=O) groups excluding carboxylic acids is 3. The predicted octanol–water partition coefficient (Wildman–Crippen LogP) is 1.03. The number of nitrogens with two attached hydrogens (primary N) is 1. The van der Waals surface area contributed by atoms with E-state index >= 15 is 0 Å². The van der Waals surface area contributed by atoms with Gasteiger partial charge in [-0.3, -0.25) is 19.7 Å². The molecule has 1 heterocycles. The summed E-state index contributed by atoms with van der Waals surface area (Å²) in [4.78, 5) is 37.6. The van der Waals surface area contributed by atoms with Crippen LogP contribution in [0.15, 0.2) is 24.3 Å². The van der Waals surface area contributed by atoms with E-state index in [2.05, 4.69) is 5.32 Å². The Morgan fingerprint density at radius 3 is 2.18 bits per heavy atom. The predicted molar refractivity (Wildman–Crippen MR) is 82.9 cm³/mol. The van der Waals surface area contributed by atoms with E-state index < -0.39 is 17.7 Å². The summed E-state index contributed by atoms with van der Waals surface area (Å²) in [5.41, 5.74) is 6.35. The molecule has 0 aliphatic carbocycles. The first kappa shape index (κ1) is 16.0. The number of imide groups is 1. The summed E-state index contributed by atoms with van der Waals surface area (Å²) < 4.78 is 0. The molecule has 0 bridgehead atoms. The molecule has 118 valence electrons. The molecular formula is C16H21N3O3. The lowest BCUT2D eigenvalue weighted by Gasteiger charge is -2.34. The third kappa shape index (κ3) is 3.84. The van der Waals surface area contributed by atoms with Crippen LogP contribution in [0.3, 0.4) is 0 Å². The molecule has 3 N–H and O–H groups in total. The Bertz CT molecular complexity index is 573. The van der Waals surface area contributed by atoms with Crippen molar-refractivity contribution in [1.29, 1.82) is 0 Å². The third-order valence-corrected chi connectivity index (χ3v) is 3.75. The molecule has 2 unspecified atom stereocenters. The Kier molecular flexibility index (Phi) is 4.80. The van der Waals surface area contributed by atoms with Gasteiger partial charge in [0.05, 0.1) is 0 Å². The van der Waals surface area contributed by atoms with E-state index in [4.69, 9.17) is 5.73 Å². The maximum atomic E-state index is 12.2. The molecule has 22 heavy (non-hydrogen) atoms. The molecule has 1 aromatic carbocycles. The zero-order valence-electron chi connectivity index (χ0n) is 12.8. The van der Waals surface area contributed by atoms with Gasteiger partial charge >= 0.3 is 11.8 Å². The number of anilines is 1. The minimum atomic E-state index is -0.886. The number of rotatable bonds is 1. The fraction of sp³-hybridized carbons (Fsp3) is 0.438. The standard InChI is InChI=1S/C16H21N3O3/c1-10-7-11(2)9-19(8-10)16(22)15(21)18-14(20)12-3-5-13(17)6-4-12/h3-6,10-11H,7-9,17H2,1-2H3,(H,18,20,21). The highest BCUT2D eigenvalue weighted by molar-refractivity contribution is 6.38. The third-order valence-electron chi connectivity index (χ3n) is 3.75. The Morgan fingerprint density at radius 2 is 1.64 bits per heavy atom. The number of piperidine rings is 1. The van der Waals surface area contributed by atoms with Gasteiger partial charge in [-0.05, 0) is 42.5 Å². The number of hydrogen-bond donors (Lipinski definition) is 2. The van der Waals surface area contributed by atoms with Gasteiger partial charge in [-0.1, -0.05) is 13.8 Å². The van der Waals surface area contributed by atoms with E-state index in [1.54, 1.807) is 12.1 Å². The summed E-state index contributed by atoms with van der Waals surface area (Å²) in [6.45, 7) is 5.19. The zero-order valence-corrected chi connectivity index (χ0v) is 12.8. The van der Waals surface area contributed by atoms with Gasteiger partial charge in [-0.2, -0.15) is 0 Å². The van der Waals surface area contributed by atoms with Crippen LogP contribution in [0.5, 0.6) is 0 Å². The minimum absolute atomic E-state index is 0.288. The summed E-state index contributed by atoms with van der Waals surface area (Å²) in [6.07, 6.45) is 1.04. The Labute approximate surface area is 129 Å². The van der Waals surface area contributed by atoms with E-state index in [-0.39, 0.29) is 5.56 Å². The lowest BCUT2D eigenvalue weighted by atomic mass is 9.92. The van der Waals surface area contributed by atoms with Crippen molar-refractivity contribution in [3.8, 4) is 0 Å². The zero-order chi connectivity index (χ0) is 16.3. The molecule has 1 aromatic rings. The summed E-state index contributed by atoms with van der Waals surface area (Å²) in [5.74, 6) is -1.43. The normalized spacial score (nSPS) is 21.3. The molecule has 0 saturated carbocycles. The number of amides is 3. The van der Waals surface area contributed by atoms with E-state index in [0.29, 0.717) is 30.6 Å². The molecule has 0 aromatic heterocycles. The van der Waals surface area contributed by atoms with Crippen molar-refractivity contribution in [2.45, 2.75) is 20.3 Å². The van der Waals surface area contributed by atoms with Crippen molar-refractivity contribution in [3.63, 3.8) is 0 Å². The van der Waals surface area contributed by atoms with Crippen molar-refractivity contribution in [3.05, 3.63) is 29.8 Å². The molecule has 6 heteroatoms. The molecule has 1 fully saturated rings. The average Bonchev–Trinajstić information content (AvgIpc) is 2.46. The maximum absolute atomic E-state index is 12.2. The Balaban J connectivity index is 1.97. The maximum Gasteiger partial charge on any atom is 0.316 e. The van der Waals surface area contributed by atoms with Crippen molar-refractivity contribution in [2.75, 3.05) is 18.8 Å². The van der Waals surface area contributed by atoms with E-state index in [9.17, 15) is 14.4 Å². The van der Waals surface area contributed by atoms with E-state index in [0.717, 1.165) is 6.42 Å². The number of carbonyl (C=O) groups is 3. The first-order chi connectivity index (χ1) is 10.4. The molecular weight excluding hydrogens is 282 g/mol. The highest BCUT2D eigenvalue weighted by Crippen LogP contribution is 2.20. The van der Waals surface area contributed by atoms with Gasteiger partial charge in [-0.15, -0.1) is 0 Å². The number of nitrogen functional groups attached to an aromatic ring is 1. The summed E-state index contributed by atoms with van der Waals surface area (Å²) >= 11 is 0. The second kappa shape index (κ2) is 6.60. The fourth-order valence-electron chi connectivity index (χ4n) is 2.84. The van der Waals surface area contributed by atoms with Gasteiger partial charge in [0.25, 0.3) is 5.91 Å². The molecule has 3 amide bonds. The quantitative estimate of drug-likeness (QED) is 0.598. The van der Waals surface area contributed by atoms with Crippen LogP contribution >= 0.6 is 0 Å². The van der Waals surface area contributed by atoms with E-state index in [1.165, 1.54) is 17.0 Å². The lowest BCUT2D eigenvalue weighted by Crippen LogP contribution is -2.50. The van der Waals surface area contributed by atoms with Gasteiger partial charge in [0, 0.05) is 24.3 Å². The van der Waals surface area contributed by atoms with Crippen LogP contribution in [0.1, 0.15) is 30.6 Å². The van der Waals surface area contributed by atoms with Crippen molar-refractivity contribution >= 4 is 23.4 Å². The number of nitrogens with one attached hydrogen (secondary N) is 1. The molecule has 2 atom stereocenters. The van der Waals surface area contributed by atoms with Crippen LogP contribution in [0.2, 0.25) is 0 Å². The number of hydrogen-bond acceptors (Lipinski definition) is 4. The number of nitrogens with zero attached hydrogens (tertiary/aromatic N) is 1. The van der Waals surface area contributed by atoms with Crippen LogP contribution in [-0.2, 0) is 9.59 Å². The molecule has 2 rings (SSSR count). The molecule has 1 saturated heterocycles. The molecule has 6 nitrogen and oxygen atoms in total.